The lowest BCUT2D eigenvalue weighted by molar-refractivity contribution is 0.128. The summed E-state index contributed by atoms with van der Waals surface area (Å²) in [7, 11) is 0. The van der Waals surface area contributed by atoms with E-state index in [0.29, 0.717) is 6.04 Å². The highest BCUT2D eigenvalue weighted by molar-refractivity contribution is 5.50. The Morgan fingerprint density at radius 2 is 0.899 bits per heavy atom. The molecule has 7 rings (SSSR count). The third kappa shape index (κ3) is 19.0. The van der Waals surface area contributed by atoms with E-state index in [1.807, 2.05) is 74.5 Å². The lowest BCUT2D eigenvalue weighted by Gasteiger charge is -2.37. The molecular formula is C60H67F6N3. The number of nitrogens with zero attached hydrogens (tertiary/aromatic N) is 1. The summed E-state index contributed by atoms with van der Waals surface area (Å²) in [4.78, 5) is 2.41. The van der Waals surface area contributed by atoms with Crippen LogP contribution < -0.4 is 11.1 Å². The van der Waals surface area contributed by atoms with E-state index in [-0.39, 0.29) is 34.8 Å². The number of halogens is 6. The maximum absolute atomic E-state index is 13.3. The number of nitrogens with one attached hydrogen (secondary N) is 1. The lowest BCUT2D eigenvalue weighted by atomic mass is 9.96. The number of rotatable bonds is 17. The maximum Gasteiger partial charge on any atom is 0.263 e. The van der Waals surface area contributed by atoms with Gasteiger partial charge in [0.15, 0.2) is 0 Å². The summed E-state index contributed by atoms with van der Waals surface area (Å²) in [6, 6.07) is 61.7. The first-order valence-electron chi connectivity index (χ1n) is 23.5. The minimum Gasteiger partial charge on any atom is -0.324 e. The van der Waals surface area contributed by atoms with Crippen molar-refractivity contribution in [3.05, 3.63) is 256 Å². The van der Waals surface area contributed by atoms with Crippen molar-refractivity contribution in [2.45, 2.75) is 104 Å². The molecule has 0 heterocycles. The molecule has 4 atom stereocenters. The standard InChI is InChI=1S/C25H27F2N.C15H17N.C10H13F2N.C10H10F2/c1-3-24(22-15-10-16-23(17-22)25(26)27)28(18-20-11-6-4-7-12-20)19(2)21-13-8-5-9-14-21;1-13(15-10-6-3-7-11-15)16-12-14-8-4-2-5-9-14;1-2-9(13)7-4-3-5-8(6-7)10(11)12;1-2-4-8-5-3-6-9(7-8)10(11)12/h4-17,19,24-25H,3,18H2,1-2H3;2-11,13,16H,12H2,1H3;3-6,9-10H,2,13H2,1H3;2-7,10H,1H3/b;;;4-2+/t19-,24+;13-;9-;/m110./s1. The third-order valence-electron chi connectivity index (χ3n) is 11.6. The zero-order valence-electron chi connectivity index (χ0n) is 40.3. The first-order valence-corrected chi connectivity index (χ1v) is 23.5. The average molecular weight is 944 g/mol. The first kappa shape index (κ1) is 55.3. The van der Waals surface area contributed by atoms with Gasteiger partial charge in [-0.1, -0.05) is 202 Å². The van der Waals surface area contributed by atoms with E-state index < -0.39 is 19.3 Å². The van der Waals surface area contributed by atoms with Gasteiger partial charge in [0.25, 0.3) is 19.3 Å². The molecule has 0 aliphatic heterocycles. The molecule has 0 saturated carbocycles. The van der Waals surface area contributed by atoms with Crippen LogP contribution in [-0.4, -0.2) is 4.90 Å². The van der Waals surface area contributed by atoms with E-state index in [1.165, 1.54) is 52.6 Å². The van der Waals surface area contributed by atoms with Gasteiger partial charge in [0.1, 0.15) is 0 Å². The maximum atomic E-state index is 13.3. The van der Waals surface area contributed by atoms with Crippen molar-refractivity contribution in [2.24, 2.45) is 5.73 Å². The number of alkyl halides is 6. The minimum atomic E-state index is -2.45. The number of benzene rings is 7. The van der Waals surface area contributed by atoms with Crippen LogP contribution in [0.25, 0.3) is 6.08 Å². The smallest absolute Gasteiger partial charge is 0.263 e. The van der Waals surface area contributed by atoms with Crippen molar-refractivity contribution in [3.8, 4) is 0 Å². The summed E-state index contributed by atoms with van der Waals surface area (Å²) < 4.78 is 75.4. The van der Waals surface area contributed by atoms with E-state index >= 15 is 0 Å². The van der Waals surface area contributed by atoms with E-state index in [0.717, 1.165) is 42.6 Å². The summed E-state index contributed by atoms with van der Waals surface area (Å²) in [6.07, 6.45) is -2.02. The Morgan fingerprint density at radius 1 is 0.478 bits per heavy atom. The second-order valence-electron chi connectivity index (χ2n) is 16.6. The van der Waals surface area contributed by atoms with Gasteiger partial charge in [-0.25, -0.2) is 26.3 Å². The lowest BCUT2D eigenvalue weighted by Crippen LogP contribution is -2.31. The molecule has 9 heteroatoms. The van der Waals surface area contributed by atoms with Crippen LogP contribution in [0, 0.1) is 0 Å². The fourth-order valence-corrected chi connectivity index (χ4v) is 7.68. The number of hydrogen-bond acceptors (Lipinski definition) is 3. The number of nitrogens with two attached hydrogens (primary N) is 1. The van der Waals surface area contributed by atoms with Crippen LogP contribution >= 0.6 is 0 Å². The summed E-state index contributed by atoms with van der Waals surface area (Å²) >= 11 is 0. The van der Waals surface area contributed by atoms with Gasteiger partial charge in [-0.05, 0) is 90.8 Å². The van der Waals surface area contributed by atoms with Gasteiger partial charge in [-0.3, -0.25) is 4.90 Å². The molecule has 3 nitrogen and oxygen atoms in total. The van der Waals surface area contributed by atoms with Crippen molar-refractivity contribution >= 4 is 6.08 Å². The normalized spacial score (nSPS) is 12.9. The van der Waals surface area contributed by atoms with Crippen molar-refractivity contribution < 1.29 is 26.3 Å². The van der Waals surface area contributed by atoms with Gasteiger partial charge < -0.3 is 11.1 Å². The third-order valence-corrected chi connectivity index (χ3v) is 11.6. The molecule has 0 aromatic heterocycles. The molecule has 7 aromatic rings. The van der Waals surface area contributed by atoms with Crippen molar-refractivity contribution in [3.63, 3.8) is 0 Å². The SMILES string of the molecule is C/C=C/c1cccc(C(F)F)c1.CC[C@@H](c1cccc(C(F)F)c1)N(Cc1ccccc1)[C@H](C)c1ccccc1.CC[C@H](N)c1cccc(C(F)F)c1.C[C@@H](NCc1ccccc1)c1ccccc1. The summed E-state index contributed by atoms with van der Waals surface area (Å²) in [6.45, 7) is 12.0. The second-order valence-corrected chi connectivity index (χ2v) is 16.6. The zero-order valence-corrected chi connectivity index (χ0v) is 40.3. The fourth-order valence-electron chi connectivity index (χ4n) is 7.68. The highest BCUT2D eigenvalue weighted by Crippen LogP contribution is 2.36. The molecule has 0 aliphatic rings. The molecule has 0 spiro atoms. The Labute approximate surface area is 406 Å². The van der Waals surface area contributed by atoms with Gasteiger partial charge in [0.05, 0.1) is 0 Å². The first-order chi connectivity index (χ1) is 33.3. The molecule has 0 bridgehead atoms. The summed E-state index contributed by atoms with van der Waals surface area (Å²) in [5, 5.41) is 3.52. The fraction of sp³-hybridized carbons (Fsp3) is 0.267. The quantitative estimate of drug-likeness (QED) is 0.0894. The van der Waals surface area contributed by atoms with Crippen molar-refractivity contribution in [2.75, 3.05) is 0 Å². The molecule has 0 amide bonds. The molecular weight excluding hydrogens is 877 g/mol. The highest BCUT2D eigenvalue weighted by Gasteiger charge is 2.26. The molecule has 0 aliphatic carbocycles. The van der Waals surface area contributed by atoms with Crippen LogP contribution in [0.1, 0.15) is 147 Å². The van der Waals surface area contributed by atoms with Crippen LogP contribution in [-0.2, 0) is 13.1 Å². The van der Waals surface area contributed by atoms with Crippen LogP contribution in [0.2, 0.25) is 0 Å². The highest BCUT2D eigenvalue weighted by atomic mass is 19.3. The van der Waals surface area contributed by atoms with Crippen LogP contribution in [0.4, 0.5) is 26.3 Å². The molecule has 69 heavy (non-hydrogen) atoms. The summed E-state index contributed by atoms with van der Waals surface area (Å²) in [5.41, 5.74) is 13.6. The number of hydrogen-bond donors (Lipinski definition) is 2. The van der Waals surface area contributed by atoms with E-state index in [1.54, 1.807) is 42.5 Å². The van der Waals surface area contributed by atoms with Crippen LogP contribution in [0.5, 0.6) is 0 Å². The van der Waals surface area contributed by atoms with Gasteiger partial charge >= 0.3 is 0 Å². The van der Waals surface area contributed by atoms with Gasteiger partial charge in [-0.15, -0.1) is 0 Å². The van der Waals surface area contributed by atoms with E-state index in [4.69, 9.17) is 5.73 Å². The van der Waals surface area contributed by atoms with E-state index in [2.05, 4.69) is 104 Å². The van der Waals surface area contributed by atoms with Gasteiger partial charge in [-0.2, -0.15) is 0 Å². The zero-order chi connectivity index (χ0) is 50.0. The Balaban J connectivity index is 0.000000215. The molecule has 3 N–H and O–H groups in total. The number of allylic oxidation sites excluding steroid dienone is 1. The predicted octanol–water partition coefficient (Wildman–Crippen LogP) is 17.6. The van der Waals surface area contributed by atoms with Crippen molar-refractivity contribution in [1.82, 2.24) is 10.2 Å². The summed E-state index contributed by atoms with van der Waals surface area (Å²) in [5.74, 6) is 0. The molecule has 0 saturated heterocycles. The van der Waals surface area contributed by atoms with Crippen LogP contribution in [0.15, 0.2) is 200 Å². The van der Waals surface area contributed by atoms with Crippen molar-refractivity contribution in [1.29, 1.82) is 0 Å². The Hall–Kier alpha value is -6.26. The largest absolute Gasteiger partial charge is 0.324 e. The van der Waals surface area contributed by atoms with Gasteiger partial charge in [0.2, 0.25) is 0 Å². The minimum absolute atomic E-state index is 0.0430. The molecule has 0 unspecified atom stereocenters. The monoisotopic (exact) mass is 944 g/mol. The van der Waals surface area contributed by atoms with Gasteiger partial charge in [0, 0.05) is 53.9 Å². The molecule has 7 aromatic carbocycles. The van der Waals surface area contributed by atoms with E-state index in [9.17, 15) is 26.3 Å². The van der Waals surface area contributed by atoms with Crippen LogP contribution in [0.3, 0.4) is 0 Å². The second kappa shape index (κ2) is 30.3. The molecule has 0 radical (unpaired) electrons. The molecule has 0 fully saturated rings. The molecule has 364 valence electrons. The Bertz CT molecular complexity index is 2470. The Morgan fingerprint density at radius 3 is 1.39 bits per heavy atom. The predicted molar refractivity (Wildman–Crippen MR) is 274 cm³/mol. The Kier molecular flexibility index (Phi) is 24.3. The topological polar surface area (TPSA) is 41.3 Å². The average Bonchev–Trinajstić information content (AvgIpc) is 3.39.